The Morgan fingerprint density at radius 3 is 3.17 bits per heavy atom. The van der Waals surface area contributed by atoms with Crippen LogP contribution in [-0.2, 0) is 11.3 Å². The molecule has 1 saturated heterocycles. The Kier molecular flexibility index (Phi) is 5.52. The molecule has 0 bridgehead atoms. The van der Waals surface area contributed by atoms with Gasteiger partial charge in [-0.3, -0.25) is 0 Å². The Balaban J connectivity index is 1.47. The van der Waals surface area contributed by atoms with Gasteiger partial charge in [0.15, 0.2) is 0 Å². The van der Waals surface area contributed by atoms with E-state index in [1.807, 2.05) is 29.5 Å². The van der Waals surface area contributed by atoms with E-state index in [1.165, 1.54) is 4.88 Å². The Hall–Kier alpha value is -1.86. The van der Waals surface area contributed by atoms with E-state index in [1.54, 1.807) is 17.5 Å². The smallest absolute Gasteiger partial charge is 0.317 e. The van der Waals surface area contributed by atoms with Gasteiger partial charge in [0, 0.05) is 36.9 Å². The predicted octanol–water partition coefficient (Wildman–Crippen LogP) is 2.67. The molecule has 0 unspecified atom stereocenters. The number of thiophene rings is 1. The van der Waals surface area contributed by atoms with E-state index in [9.17, 15) is 4.79 Å². The van der Waals surface area contributed by atoms with Crippen molar-refractivity contribution in [1.82, 2.24) is 19.8 Å². The first kappa shape index (κ1) is 17.0. The molecule has 0 aliphatic carbocycles. The van der Waals surface area contributed by atoms with Crippen LogP contribution in [0.15, 0.2) is 29.9 Å². The molecule has 0 aromatic carbocycles. The van der Waals surface area contributed by atoms with Crippen molar-refractivity contribution in [3.63, 3.8) is 0 Å². The lowest BCUT2D eigenvalue weighted by atomic mass is 10.2. The normalized spacial score (nSPS) is 19.2. The van der Waals surface area contributed by atoms with Crippen LogP contribution in [-0.4, -0.2) is 46.7 Å². The first-order valence-electron chi connectivity index (χ1n) is 8.29. The number of urea groups is 1. The average molecular weight is 348 g/mol. The van der Waals surface area contributed by atoms with Gasteiger partial charge < -0.3 is 19.5 Å². The number of imidazole rings is 1. The van der Waals surface area contributed by atoms with Crippen LogP contribution in [0, 0.1) is 12.8 Å². The maximum absolute atomic E-state index is 12.4. The van der Waals surface area contributed by atoms with E-state index >= 15 is 0 Å². The number of rotatable bonds is 5. The van der Waals surface area contributed by atoms with Gasteiger partial charge >= 0.3 is 6.03 Å². The summed E-state index contributed by atoms with van der Waals surface area (Å²) in [6, 6.07) is 4.07. The van der Waals surface area contributed by atoms with Gasteiger partial charge in [0.25, 0.3) is 0 Å². The Morgan fingerprint density at radius 2 is 2.46 bits per heavy atom. The van der Waals surface area contributed by atoms with E-state index in [-0.39, 0.29) is 12.1 Å². The number of aromatic nitrogens is 2. The number of aryl methyl sites for hydroxylation is 1. The molecule has 1 N–H and O–H groups in total. The van der Waals surface area contributed by atoms with E-state index in [0.29, 0.717) is 32.2 Å². The lowest BCUT2D eigenvalue weighted by Crippen LogP contribution is -2.48. The summed E-state index contributed by atoms with van der Waals surface area (Å²) in [5, 5.41) is 5.09. The Bertz CT molecular complexity index is 655. The van der Waals surface area contributed by atoms with Gasteiger partial charge in [-0.1, -0.05) is 13.0 Å². The number of hydrogen-bond acceptors (Lipinski definition) is 4. The summed E-state index contributed by atoms with van der Waals surface area (Å²) in [4.78, 5) is 19.7. The number of hydrogen-bond donors (Lipinski definition) is 1. The van der Waals surface area contributed by atoms with Crippen LogP contribution in [0.2, 0.25) is 0 Å². The van der Waals surface area contributed by atoms with Crippen molar-refractivity contribution in [2.45, 2.75) is 26.5 Å². The van der Waals surface area contributed by atoms with Crippen LogP contribution in [0.3, 0.4) is 0 Å². The molecule has 130 valence electrons. The average Bonchev–Trinajstić information content (AvgIpc) is 3.25. The fourth-order valence-corrected chi connectivity index (χ4v) is 3.62. The molecule has 2 atom stereocenters. The van der Waals surface area contributed by atoms with Crippen LogP contribution in [0.5, 0.6) is 0 Å². The van der Waals surface area contributed by atoms with Gasteiger partial charge in [0.05, 0.1) is 13.2 Å². The largest absolute Gasteiger partial charge is 0.369 e. The summed E-state index contributed by atoms with van der Waals surface area (Å²) in [5.74, 6) is 1.34. The molecule has 1 aliphatic rings. The second-order valence-corrected chi connectivity index (χ2v) is 7.22. The fraction of sp³-hybridized carbons (Fsp3) is 0.529. The Labute approximate surface area is 146 Å². The first-order chi connectivity index (χ1) is 11.6. The van der Waals surface area contributed by atoms with Crippen molar-refractivity contribution in [2.75, 3.05) is 26.2 Å². The van der Waals surface area contributed by atoms with Crippen molar-refractivity contribution in [3.05, 3.63) is 40.6 Å². The number of carbonyl (C=O) groups is 1. The summed E-state index contributed by atoms with van der Waals surface area (Å²) in [6.07, 6.45) is 3.77. The molecule has 3 heterocycles. The number of ether oxygens (including phenoxy) is 1. The third-order valence-electron chi connectivity index (χ3n) is 4.25. The van der Waals surface area contributed by atoms with Crippen molar-refractivity contribution in [3.8, 4) is 0 Å². The fourth-order valence-electron chi connectivity index (χ4n) is 2.85. The summed E-state index contributed by atoms with van der Waals surface area (Å²) >= 11 is 1.67. The van der Waals surface area contributed by atoms with Crippen molar-refractivity contribution in [1.29, 1.82) is 0 Å². The van der Waals surface area contributed by atoms with Gasteiger partial charge in [-0.2, -0.15) is 0 Å². The molecular weight excluding hydrogens is 324 g/mol. The number of nitrogens with zero attached hydrogens (tertiary/aromatic N) is 3. The molecule has 0 spiro atoms. The quantitative estimate of drug-likeness (QED) is 0.904. The first-order valence-corrected chi connectivity index (χ1v) is 9.17. The van der Waals surface area contributed by atoms with E-state index in [2.05, 4.69) is 27.9 Å². The molecule has 7 heteroatoms. The summed E-state index contributed by atoms with van der Waals surface area (Å²) < 4.78 is 7.90. The zero-order valence-electron chi connectivity index (χ0n) is 14.1. The molecule has 2 aromatic rings. The molecule has 0 saturated carbocycles. The van der Waals surface area contributed by atoms with Crippen LogP contribution in [0.4, 0.5) is 4.79 Å². The van der Waals surface area contributed by atoms with Gasteiger partial charge in [0.1, 0.15) is 11.9 Å². The topological polar surface area (TPSA) is 59.4 Å². The summed E-state index contributed by atoms with van der Waals surface area (Å²) in [6.45, 7) is 7.46. The third-order valence-corrected chi connectivity index (χ3v) is 5.21. The van der Waals surface area contributed by atoms with E-state index in [4.69, 9.17) is 4.74 Å². The lowest BCUT2D eigenvalue weighted by Gasteiger charge is -2.32. The molecule has 2 amide bonds. The minimum atomic E-state index is -0.00550. The van der Waals surface area contributed by atoms with E-state index < -0.39 is 0 Å². The number of morpholine rings is 1. The summed E-state index contributed by atoms with van der Waals surface area (Å²) in [7, 11) is 0. The number of carbonyl (C=O) groups excluding carboxylic acids is 1. The molecule has 24 heavy (non-hydrogen) atoms. The van der Waals surface area contributed by atoms with Crippen LogP contribution < -0.4 is 5.32 Å². The molecule has 6 nitrogen and oxygen atoms in total. The maximum atomic E-state index is 12.4. The lowest BCUT2D eigenvalue weighted by molar-refractivity contribution is -0.0136. The Morgan fingerprint density at radius 1 is 1.58 bits per heavy atom. The van der Waals surface area contributed by atoms with Crippen LogP contribution in [0.1, 0.15) is 23.7 Å². The number of amides is 2. The molecule has 2 aromatic heterocycles. The van der Waals surface area contributed by atoms with Crippen LogP contribution in [0.25, 0.3) is 0 Å². The third kappa shape index (κ3) is 4.15. The second kappa shape index (κ2) is 7.81. The summed E-state index contributed by atoms with van der Waals surface area (Å²) in [5.41, 5.74) is 0. The minimum absolute atomic E-state index is 0.00415. The zero-order valence-corrected chi connectivity index (χ0v) is 15.0. The van der Waals surface area contributed by atoms with Crippen molar-refractivity contribution >= 4 is 17.4 Å². The maximum Gasteiger partial charge on any atom is 0.317 e. The minimum Gasteiger partial charge on any atom is -0.369 e. The standard InChI is InChI=1S/C17H24N4O2S/c1-13(11-20-6-5-18-14(20)2)10-19-17(22)21-7-8-23-15(12-21)16-4-3-9-24-16/h3-6,9,13,15H,7-8,10-12H2,1-2H3,(H,19,22)/t13-,15+/m0/s1. The molecule has 1 aliphatic heterocycles. The van der Waals surface area contributed by atoms with E-state index in [0.717, 1.165) is 12.4 Å². The SMILES string of the molecule is Cc1nccn1C[C@@H](C)CNC(=O)N1CCO[C@@H](c2cccs2)C1. The number of nitrogens with one attached hydrogen (secondary N) is 1. The van der Waals surface area contributed by atoms with Gasteiger partial charge in [-0.05, 0) is 24.3 Å². The monoisotopic (exact) mass is 348 g/mol. The molecule has 0 radical (unpaired) electrons. The highest BCUT2D eigenvalue weighted by molar-refractivity contribution is 7.10. The van der Waals surface area contributed by atoms with Gasteiger partial charge in [0.2, 0.25) is 0 Å². The second-order valence-electron chi connectivity index (χ2n) is 6.24. The highest BCUT2D eigenvalue weighted by Gasteiger charge is 2.26. The molecule has 1 fully saturated rings. The predicted molar refractivity (Wildman–Crippen MR) is 94.1 cm³/mol. The molecular formula is C17H24N4O2S. The van der Waals surface area contributed by atoms with Crippen molar-refractivity contribution in [2.24, 2.45) is 5.92 Å². The van der Waals surface area contributed by atoms with Gasteiger partial charge in [-0.15, -0.1) is 11.3 Å². The van der Waals surface area contributed by atoms with Gasteiger partial charge in [-0.25, -0.2) is 9.78 Å². The highest BCUT2D eigenvalue weighted by Crippen LogP contribution is 2.25. The highest BCUT2D eigenvalue weighted by atomic mass is 32.1. The zero-order chi connectivity index (χ0) is 16.9. The van der Waals surface area contributed by atoms with Crippen molar-refractivity contribution < 1.29 is 9.53 Å². The molecule has 3 rings (SSSR count). The van der Waals surface area contributed by atoms with Crippen LogP contribution >= 0.6 is 11.3 Å².